The van der Waals surface area contributed by atoms with Crippen LogP contribution in [0.3, 0.4) is 0 Å². The van der Waals surface area contributed by atoms with Gasteiger partial charge in [-0.1, -0.05) is 71.6 Å². The normalized spacial score (nSPS) is 9.47. The fourth-order valence-corrected chi connectivity index (χ4v) is 1.53. The van der Waals surface area contributed by atoms with Crippen molar-refractivity contribution in [2.75, 3.05) is 0 Å². The fraction of sp³-hybridized carbons (Fsp3) is 0. The average Bonchev–Trinajstić information content (AvgIpc) is 2.40. The summed E-state index contributed by atoms with van der Waals surface area (Å²) in [5.74, 6) is -1.35. The molecule has 0 spiro atoms. The summed E-state index contributed by atoms with van der Waals surface area (Å²) in [5.41, 5.74) is 1.39. The fourth-order valence-electron chi connectivity index (χ4n) is 1.53. The molecule has 19 heavy (non-hydrogen) atoms. The van der Waals surface area contributed by atoms with Crippen molar-refractivity contribution in [3.8, 4) is 0 Å². The molecule has 0 amide bonds. The van der Waals surface area contributed by atoms with E-state index in [0.717, 1.165) is 0 Å². The van der Waals surface area contributed by atoms with E-state index in [1.54, 1.807) is 48.5 Å². The maximum Gasteiger partial charge on any atom is 0.300 e. The lowest BCUT2D eigenvalue weighted by Crippen LogP contribution is -2.31. The third kappa shape index (κ3) is 4.47. The molecule has 0 N–H and O–H groups in total. The second-order valence-electron chi connectivity index (χ2n) is 3.85. The molecule has 2 aromatic rings. The molecule has 2 rings (SSSR count). The smallest absolute Gasteiger partial charge is 0.300 e. The lowest BCUT2D eigenvalue weighted by Gasteiger charge is -2.02. The molecule has 0 bridgehead atoms. The quantitative estimate of drug-likeness (QED) is 0.604. The molecule has 2 aromatic carbocycles. The summed E-state index contributed by atoms with van der Waals surface area (Å²) >= 11 is 0. The minimum atomic E-state index is -0.677. The third-order valence-electron chi connectivity index (χ3n) is 2.37. The van der Waals surface area contributed by atoms with E-state index in [4.69, 9.17) is 0 Å². The van der Waals surface area contributed by atoms with Crippen LogP contribution in [-0.2, 0) is 4.74 Å². The van der Waals surface area contributed by atoms with Crippen LogP contribution in [0.1, 0.15) is 0 Å². The minimum absolute atomic E-state index is 0.677. The largest absolute Gasteiger partial charge is 0.411 e. The van der Waals surface area contributed by atoms with Gasteiger partial charge in [0.2, 0.25) is 0 Å². The number of hydrogen-bond donors (Lipinski definition) is 0. The van der Waals surface area contributed by atoms with E-state index in [-0.39, 0.29) is 0 Å². The highest BCUT2D eigenvalue weighted by Gasteiger charge is 2.14. The molecule has 2 radical (unpaired) electrons. The Morgan fingerprint density at radius 1 is 0.684 bits per heavy atom. The Bertz CT molecular complexity index is 504. The van der Waals surface area contributed by atoms with Gasteiger partial charge in [-0.05, 0) is 0 Å². The summed E-state index contributed by atoms with van der Waals surface area (Å²) < 4.78 is 4.67. The molecule has 90 valence electrons. The summed E-state index contributed by atoms with van der Waals surface area (Å²) in [4.78, 5) is 23.0. The zero-order chi connectivity index (χ0) is 13.5. The van der Waals surface area contributed by atoms with E-state index >= 15 is 0 Å². The molecule has 0 heterocycles. The van der Waals surface area contributed by atoms with Gasteiger partial charge >= 0.3 is 0 Å². The standard InChI is InChI=1S/C14H10B2O3/c17-13(15-11-7-3-1-4-8-11)19-14(18)16-12-9-5-2-6-10-12/h1-10H. The van der Waals surface area contributed by atoms with Crippen molar-refractivity contribution >= 4 is 37.2 Å². The van der Waals surface area contributed by atoms with Crippen molar-refractivity contribution in [3.63, 3.8) is 0 Å². The van der Waals surface area contributed by atoms with Crippen LogP contribution in [0.2, 0.25) is 0 Å². The molecule has 0 aromatic heterocycles. The molecule has 0 saturated heterocycles. The molecule has 0 fully saturated rings. The van der Waals surface area contributed by atoms with Gasteiger partial charge in [-0.2, -0.15) is 0 Å². The Morgan fingerprint density at radius 2 is 1.05 bits per heavy atom. The molecule has 0 saturated carbocycles. The second-order valence-corrected chi connectivity index (χ2v) is 3.85. The predicted molar refractivity (Wildman–Crippen MR) is 75.5 cm³/mol. The van der Waals surface area contributed by atoms with Crippen LogP contribution in [0.15, 0.2) is 60.7 Å². The van der Waals surface area contributed by atoms with Crippen LogP contribution in [0.25, 0.3) is 0 Å². The molecule has 0 aliphatic rings. The van der Waals surface area contributed by atoms with Crippen molar-refractivity contribution in [1.82, 2.24) is 0 Å². The zero-order valence-electron chi connectivity index (χ0n) is 10.2. The molecule has 5 heteroatoms. The Kier molecular flexibility index (Phi) is 4.56. The number of carbonyl (C=O) groups is 2. The van der Waals surface area contributed by atoms with Gasteiger partial charge in [0.15, 0.2) is 0 Å². The van der Waals surface area contributed by atoms with Gasteiger partial charge < -0.3 is 4.74 Å². The van der Waals surface area contributed by atoms with Crippen LogP contribution < -0.4 is 10.9 Å². The first-order valence-corrected chi connectivity index (χ1v) is 5.79. The van der Waals surface area contributed by atoms with Crippen molar-refractivity contribution in [2.45, 2.75) is 0 Å². The molecule has 0 atom stereocenters. The van der Waals surface area contributed by atoms with Crippen LogP contribution in [0.5, 0.6) is 0 Å². The van der Waals surface area contributed by atoms with Gasteiger partial charge in [0.05, 0.1) is 0 Å². The highest BCUT2D eigenvalue weighted by atomic mass is 16.6. The van der Waals surface area contributed by atoms with E-state index in [0.29, 0.717) is 10.9 Å². The van der Waals surface area contributed by atoms with E-state index in [1.807, 2.05) is 12.1 Å². The Morgan fingerprint density at radius 3 is 1.42 bits per heavy atom. The third-order valence-corrected chi connectivity index (χ3v) is 2.37. The topological polar surface area (TPSA) is 43.4 Å². The zero-order valence-corrected chi connectivity index (χ0v) is 10.2. The first kappa shape index (κ1) is 13.1. The van der Waals surface area contributed by atoms with Gasteiger partial charge in [-0.15, -0.1) is 0 Å². The lowest BCUT2D eigenvalue weighted by atomic mass is 9.69. The van der Waals surface area contributed by atoms with Gasteiger partial charge in [0.1, 0.15) is 0 Å². The SMILES string of the molecule is O=C([B]c1ccccc1)OC(=O)[B]c1ccccc1. The first-order valence-electron chi connectivity index (χ1n) is 5.79. The second kappa shape index (κ2) is 6.59. The summed E-state index contributed by atoms with van der Waals surface area (Å²) in [5, 5.41) is 0. The van der Waals surface area contributed by atoms with Gasteiger partial charge in [-0.25, -0.2) is 0 Å². The highest BCUT2D eigenvalue weighted by Crippen LogP contribution is 1.88. The lowest BCUT2D eigenvalue weighted by molar-refractivity contribution is 0.184. The maximum atomic E-state index is 11.5. The number of carbonyl (C=O) groups excluding carboxylic acids is 2. The van der Waals surface area contributed by atoms with Gasteiger partial charge in [0, 0.05) is 0 Å². The van der Waals surface area contributed by atoms with Gasteiger partial charge in [0.25, 0.3) is 26.3 Å². The van der Waals surface area contributed by atoms with Crippen LogP contribution in [0, 0.1) is 0 Å². The predicted octanol–water partition coefficient (Wildman–Crippen LogP) is 1.30. The van der Waals surface area contributed by atoms with Crippen LogP contribution in [0.4, 0.5) is 9.59 Å². The first-order chi connectivity index (χ1) is 9.24. The number of rotatable bonds is 4. The van der Waals surface area contributed by atoms with E-state index in [1.165, 1.54) is 14.6 Å². The molecule has 0 aliphatic carbocycles. The van der Waals surface area contributed by atoms with E-state index < -0.39 is 11.7 Å². The minimum Gasteiger partial charge on any atom is -0.411 e. The van der Waals surface area contributed by atoms with Gasteiger partial charge in [-0.3, -0.25) is 9.59 Å². The van der Waals surface area contributed by atoms with Crippen molar-refractivity contribution in [2.24, 2.45) is 0 Å². The molecular weight excluding hydrogens is 238 g/mol. The summed E-state index contributed by atoms with van der Waals surface area (Å²) in [6, 6.07) is 17.9. The monoisotopic (exact) mass is 248 g/mol. The summed E-state index contributed by atoms with van der Waals surface area (Å²) in [6.45, 7) is 0. The molecule has 0 unspecified atom stereocenters. The Labute approximate surface area is 113 Å². The average molecular weight is 248 g/mol. The van der Waals surface area contributed by atoms with Crippen molar-refractivity contribution < 1.29 is 14.3 Å². The van der Waals surface area contributed by atoms with Crippen LogP contribution >= 0.6 is 0 Å². The Hall–Kier alpha value is -2.29. The van der Waals surface area contributed by atoms with Crippen LogP contribution in [-0.4, -0.2) is 26.3 Å². The number of ether oxygens (including phenoxy) is 1. The molecular formula is C14H10B2O3. The Balaban J connectivity index is 1.84. The highest BCUT2D eigenvalue weighted by molar-refractivity contribution is 6.87. The number of hydrogen-bond acceptors (Lipinski definition) is 3. The number of benzene rings is 2. The van der Waals surface area contributed by atoms with Crippen molar-refractivity contribution in [1.29, 1.82) is 0 Å². The van der Waals surface area contributed by atoms with Crippen molar-refractivity contribution in [3.05, 3.63) is 60.7 Å². The molecule has 0 aliphatic heterocycles. The van der Waals surface area contributed by atoms with E-state index in [9.17, 15) is 9.59 Å². The summed E-state index contributed by atoms with van der Waals surface area (Å²) in [6.07, 6.45) is 0. The summed E-state index contributed by atoms with van der Waals surface area (Å²) in [7, 11) is 2.55. The maximum absolute atomic E-state index is 11.5. The van der Waals surface area contributed by atoms with E-state index in [2.05, 4.69) is 4.74 Å². The molecule has 3 nitrogen and oxygen atoms in total.